The second kappa shape index (κ2) is 6.13. The van der Waals surface area contributed by atoms with Crippen LogP contribution < -0.4 is 0 Å². The van der Waals surface area contributed by atoms with Gasteiger partial charge < -0.3 is 30.3 Å². The van der Waals surface area contributed by atoms with Crippen molar-refractivity contribution < 1.29 is 44.7 Å². The van der Waals surface area contributed by atoms with Gasteiger partial charge in [0.1, 0.15) is 6.61 Å². The Morgan fingerprint density at radius 2 is 1.71 bits per heavy atom. The second-order valence-electron chi connectivity index (χ2n) is 3.21. The first-order valence-electron chi connectivity index (χ1n) is 4.37. The molecule has 2 unspecified atom stereocenters. The summed E-state index contributed by atoms with van der Waals surface area (Å²) in [6.07, 6.45) is -4.22. The van der Waals surface area contributed by atoms with Crippen molar-refractivity contribution in [3.05, 3.63) is 0 Å². The Morgan fingerprint density at radius 3 is 2.06 bits per heavy atom. The molecule has 5 N–H and O–H groups in total. The molecule has 0 aliphatic carbocycles. The zero-order valence-corrected chi connectivity index (χ0v) is 8.57. The minimum atomic E-state index is -2.82. The molecular weight excluding hydrogens is 240 g/mol. The fourth-order valence-electron chi connectivity index (χ4n) is 0.933. The molecule has 0 fully saturated rings. The number of ether oxygens (including phenoxy) is 1. The van der Waals surface area contributed by atoms with Gasteiger partial charge in [-0.1, -0.05) is 0 Å². The van der Waals surface area contributed by atoms with Crippen LogP contribution in [0, 0.1) is 0 Å². The topological polar surface area (TPSA) is 162 Å². The van der Waals surface area contributed by atoms with E-state index in [4.69, 9.17) is 20.4 Å². The Labute approximate surface area is 94.9 Å². The van der Waals surface area contributed by atoms with Crippen LogP contribution in [0.5, 0.6) is 0 Å². The lowest BCUT2D eigenvalue weighted by Crippen LogP contribution is -2.43. The number of carbonyl (C=O) groups is 3. The predicted octanol–water partition coefficient (Wildman–Crippen LogP) is -2.48. The van der Waals surface area contributed by atoms with E-state index in [9.17, 15) is 19.5 Å². The molecule has 17 heavy (non-hydrogen) atoms. The van der Waals surface area contributed by atoms with Crippen LogP contribution in [0.1, 0.15) is 12.8 Å². The highest BCUT2D eigenvalue weighted by Gasteiger charge is 2.41. The molecule has 98 valence electrons. The maximum Gasteiger partial charge on any atom is 0.336 e. The highest BCUT2D eigenvalue weighted by molar-refractivity contribution is 5.88. The normalized spacial score (nSPS) is 15.7. The van der Waals surface area contributed by atoms with Crippen molar-refractivity contribution in [2.45, 2.75) is 24.7 Å². The number of carboxylic acid groups (broad SMARTS) is 2. The molecule has 0 rings (SSSR count). The van der Waals surface area contributed by atoms with E-state index in [-0.39, 0.29) is 0 Å². The molecule has 0 saturated heterocycles. The molecule has 0 aromatic rings. The van der Waals surface area contributed by atoms with E-state index < -0.39 is 49.2 Å². The Kier molecular flexibility index (Phi) is 5.51. The lowest BCUT2D eigenvalue weighted by atomic mass is 9.96. The second-order valence-corrected chi connectivity index (χ2v) is 3.21. The molecule has 0 bridgehead atoms. The van der Waals surface area contributed by atoms with Crippen LogP contribution in [0.15, 0.2) is 0 Å². The van der Waals surface area contributed by atoms with E-state index in [2.05, 4.69) is 4.74 Å². The Hall–Kier alpha value is -1.71. The summed E-state index contributed by atoms with van der Waals surface area (Å²) in [6, 6.07) is 0. The number of carbonyl (C=O) groups excluding carboxylic acids is 1. The quantitative estimate of drug-likeness (QED) is 0.244. The summed E-state index contributed by atoms with van der Waals surface area (Å²) in [4.78, 5) is 31.9. The monoisotopic (exact) mass is 252 g/mol. The number of hydrogen-bond acceptors (Lipinski definition) is 7. The van der Waals surface area contributed by atoms with Crippen LogP contribution in [-0.4, -0.2) is 61.9 Å². The van der Waals surface area contributed by atoms with E-state index in [1.165, 1.54) is 0 Å². The van der Waals surface area contributed by atoms with Gasteiger partial charge in [0.15, 0.2) is 5.60 Å². The largest absolute Gasteiger partial charge is 0.481 e. The van der Waals surface area contributed by atoms with Gasteiger partial charge in [0.05, 0.1) is 12.8 Å². The van der Waals surface area contributed by atoms with Crippen molar-refractivity contribution in [1.82, 2.24) is 0 Å². The van der Waals surface area contributed by atoms with E-state index in [1.807, 2.05) is 0 Å². The summed E-state index contributed by atoms with van der Waals surface area (Å²) in [5.74, 6) is -4.88. The third-order valence-electron chi connectivity index (χ3n) is 1.70. The summed E-state index contributed by atoms with van der Waals surface area (Å²) >= 11 is 0. The highest BCUT2D eigenvalue weighted by Crippen LogP contribution is 2.17. The summed E-state index contributed by atoms with van der Waals surface area (Å²) in [5.41, 5.74) is -2.82. The molecule has 2 atom stereocenters. The molecule has 0 aliphatic heterocycles. The van der Waals surface area contributed by atoms with Crippen molar-refractivity contribution in [3.63, 3.8) is 0 Å². The summed E-state index contributed by atoms with van der Waals surface area (Å²) < 4.78 is 4.08. The van der Waals surface area contributed by atoms with E-state index in [0.717, 1.165) is 0 Å². The number of rotatable bonds is 7. The fourth-order valence-corrected chi connectivity index (χ4v) is 0.933. The SMILES string of the molecule is O=C(O)CC(O)(CC(=O)OC(O)CO)C(=O)O. The highest BCUT2D eigenvalue weighted by atomic mass is 16.6. The number of carboxylic acids is 2. The third-order valence-corrected chi connectivity index (χ3v) is 1.70. The standard InChI is InChI=1S/C8H12O9/c9-3-6(13)17-5(12)2-8(16,7(14)15)1-4(10)11/h6,9,13,16H,1-3H2,(H,10,11)(H,14,15). The first kappa shape index (κ1) is 15.3. The molecule has 0 radical (unpaired) electrons. The molecule has 0 heterocycles. The maximum atomic E-state index is 11.0. The number of hydrogen-bond donors (Lipinski definition) is 5. The zero-order chi connectivity index (χ0) is 13.6. The van der Waals surface area contributed by atoms with E-state index in [1.54, 1.807) is 0 Å². The minimum absolute atomic E-state index is 0.907. The molecule has 0 saturated carbocycles. The van der Waals surface area contributed by atoms with Crippen LogP contribution in [0.3, 0.4) is 0 Å². The molecule has 0 amide bonds. The number of aliphatic carboxylic acids is 2. The van der Waals surface area contributed by atoms with Crippen molar-refractivity contribution in [1.29, 1.82) is 0 Å². The van der Waals surface area contributed by atoms with E-state index >= 15 is 0 Å². The molecular formula is C8H12O9. The van der Waals surface area contributed by atoms with Crippen LogP contribution in [0.4, 0.5) is 0 Å². The van der Waals surface area contributed by atoms with Gasteiger partial charge in [0.2, 0.25) is 6.29 Å². The molecule has 0 aromatic carbocycles. The number of aliphatic hydroxyl groups is 3. The first-order valence-corrected chi connectivity index (χ1v) is 4.37. The van der Waals surface area contributed by atoms with Gasteiger partial charge in [-0.25, -0.2) is 4.79 Å². The van der Waals surface area contributed by atoms with Crippen molar-refractivity contribution >= 4 is 17.9 Å². The lowest BCUT2D eigenvalue weighted by Gasteiger charge is -2.20. The number of aliphatic hydroxyl groups excluding tert-OH is 2. The maximum absolute atomic E-state index is 11.0. The Balaban J connectivity index is 4.60. The van der Waals surface area contributed by atoms with Gasteiger partial charge >= 0.3 is 17.9 Å². The van der Waals surface area contributed by atoms with Crippen LogP contribution in [0.25, 0.3) is 0 Å². The average molecular weight is 252 g/mol. The smallest absolute Gasteiger partial charge is 0.336 e. The van der Waals surface area contributed by atoms with Crippen LogP contribution >= 0.6 is 0 Å². The van der Waals surface area contributed by atoms with Gasteiger partial charge in [0, 0.05) is 0 Å². The van der Waals surface area contributed by atoms with Gasteiger partial charge in [-0.15, -0.1) is 0 Å². The van der Waals surface area contributed by atoms with Crippen molar-refractivity contribution in [2.75, 3.05) is 6.61 Å². The van der Waals surface area contributed by atoms with Gasteiger partial charge in [-0.2, -0.15) is 0 Å². The molecule has 9 heteroatoms. The summed E-state index contributed by atoms with van der Waals surface area (Å²) in [5, 5.41) is 43.4. The summed E-state index contributed by atoms with van der Waals surface area (Å²) in [6.45, 7) is -0.907. The Bertz CT molecular complexity index is 312. The molecule has 0 aliphatic rings. The summed E-state index contributed by atoms with van der Waals surface area (Å²) in [7, 11) is 0. The van der Waals surface area contributed by atoms with Gasteiger partial charge in [-0.05, 0) is 0 Å². The third kappa shape index (κ3) is 5.24. The van der Waals surface area contributed by atoms with Crippen LogP contribution in [0.2, 0.25) is 0 Å². The minimum Gasteiger partial charge on any atom is -0.481 e. The van der Waals surface area contributed by atoms with Crippen molar-refractivity contribution in [3.8, 4) is 0 Å². The van der Waals surface area contributed by atoms with Crippen molar-refractivity contribution in [2.24, 2.45) is 0 Å². The lowest BCUT2D eigenvalue weighted by molar-refractivity contribution is -0.185. The van der Waals surface area contributed by atoms with Gasteiger partial charge in [-0.3, -0.25) is 9.59 Å². The predicted molar refractivity (Wildman–Crippen MR) is 48.6 cm³/mol. The van der Waals surface area contributed by atoms with E-state index in [0.29, 0.717) is 0 Å². The number of esters is 1. The molecule has 0 aromatic heterocycles. The zero-order valence-electron chi connectivity index (χ0n) is 8.57. The van der Waals surface area contributed by atoms with Crippen LogP contribution in [-0.2, 0) is 19.1 Å². The Morgan fingerprint density at radius 1 is 1.18 bits per heavy atom. The fraction of sp³-hybridized carbons (Fsp3) is 0.625. The first-order chi connectivity index (χ1) is 7.71. The molecule has 0 spiro atoms. The average Bonchev–Trinajstić information content (AvgIpc) is 2.15. The molecule has 9 nitrogen and oxygen atoms in total. The van der Waals surface area contributed by atoms with Gasteiger partial charge in [0.25, 0.3) is 0 Å².